The van der Waals surface area contributed by atoms with E-state index >= 15 is 0 Å². The molecule has 2 heterocycles. The van der Waals surface area contributed by atoms with Gasteiger partial charge in [-0.3, -0.25) is 0 Å². The number of ether oxygens (including phenoxy) is 1. The van der Waals surface area contributed by atoms with Gasteiger partial charge in [-0.15, -0.1) is 11.3 Å². The number of pyridine rings is 1. The van der Waals surface area contributed by atoms with Crippen molar-refractivity contribution in [1.82, 2.24) is 4.98 Å². The van der Waals surface area contributed by atoms with E-state index in [4.69, 9.17) is 11.6 Å². The largest absolute Gasteiger partial charge is 0.465 e. The third-order valence-corrected chi connectivity index (χ3v) is 3.62. The van der Waals surface area contributed by atoms with E-state index in [0.717, 1.165) is 10.4 Å². The van der Waals surface area contributed by atoms with Crippen molar-refractivity contribution in [1.29, 1.82) is 0 Å². The van der Waals surface area contributed by atoms with Gasteiger partial charge < -0.3 is 4.74 Å². The van der Waals surface area contributed by atoms with Crippen LogP contribution in [0.25, 0.3) is 10.4 Å². The third kappa shape index (κ3) is 2.48. The van der Waals surface area contributed by atoms with Gasteiger partial charge in [-0.05, 0) is 25.1 Å². The van der Waals surface area contributed by atoms with Gasteiger partial charge in [0.15, 0.2) is 0 Å². The van der Waals surface area contributed by atoms with Crippen LogP contribution in [0.4, 0.5) is 0 Å². The summed E-state index contributed by atoms with van der Waals surface area (Å²) in [5.41, 5.74) is 1.16. The fourth-order valence-corrected chi connectivity index (χ4v) is 2.45. The maximum Gasteiger partial charge on any atom is 0.341 e. The Balaban J connectivity index is 2.47. The van der Waals surface area contributed by atoms with Crippen molar-refractivity contribution in [2.24, 2.45) is 0 Å². The molecule has 0 bridgehead atoms. The molecule has 2 aromatic heterocycles. The predicted molar refractivity (Wildman–Crippen MR) is 68.6 cm³/mol. The highest BCUT2D eigenvalue weighted by atomic mass is 35.5. The highest BCUT2D eigenvalue weighted by Gasteiger charge is 2.13. The number of hydrogen-bond donors (Lipinski definition) is 0. The van der Waals surface area contributed by atoms with Crippen LogP contribution in [-0.4, -0.2) is 18.1 Å². The van der Waals surface area contributed by atoms with Crippen LogP contribution in [0.5, 0.6) is 0 Å². The number of carbonyl (C=O) groups is 1. The summed E-state index contributed by atoms with van der Waals surface area (Å²) >= 11 is 7.49. The topological polar surface area (TPSA) is 39.2 Å². The minimum atomic E-state index is -0.474. The van der Waals surface area contributed by atoms with Crippen LogP contribution in [0, 0.1) is 6.92 Å². The second-order valence-electron chi connectivity index (χ2n) is 3.46. The summed E-state index contributed by atoms with van der Waals surface area (Å²) < 4.78 is 4.65. The van der Waals surface area contributed by atoms with Crippen molar-refractivity contribution in [2.75, 3.05) is 7.11 Å². The number of esters is 1. The fourth-order valence-electron chi connectivity index (χ4n) is 1.43. The minimum absolute atomic E-state index is 0.161. The highest BCUT2D eigenvalue weighted by molar-refractivity contribution is 7.15. The van der Waals surface area contributed by atoms with Crippen LogP contribution in [0.15, 0.2) is 24.4 Å². The Morgan fingerprint density at radius 2 is 2.24 bits per heavy atom. The van der Waals surface area contributed by atoms with Crippen molar-refractivity contribution in [3.8, 4) is 10.4 Å². The quantitative estimate of drug-likeness (QED) is 0.617. The smallest absolute Gasteiger partial charge is 0.341 e. The van der Waals surface area contributed by atoms with Gasteiger partial charge in [-0.25, -0.2) is 9.78 Å². The summed E-state index contributed by atoms with van der Waals surface area (Å²) in [6, 6.07) is 5.71. The molecule has 0 unspecified atom stereocenters. The summed E-state index contributed by atoms with van der Waals surface area (Å²) in [6.07, 6.45) is 1.65. The molecule has 0 aliphatic carbocycles. The van der Waals surface area contributed by atoms with E-state index in [-0.39, 0.29) is 10.7 Å². The van der Waals surface area contributed by atoms with Gasteiger partial charge in [0, 0.05) is 21.5 Å². The minimum Gasteiger partial charge on any atom is -0.465 e. The van der Waals surface area contributed by atoms with Crippen LogP contribution in [0.3, 0.4) is 0 Å². The first-order valence-corrected chi connectivity index (χ1v) is 6.12. The number of thiophene rings is 1. The summed E-state index contributed by atoms with van der Waals surface area (Å²) in [4.78, 5) is 17.7. The summed E-state index contributed by atoms with van der Waals surface area (Å²) in [6.45, 7) is 2.03. The Labute approximate surface area is 108 Å². The Bertz CT molecular complexity index is 565. The van der Waals surface area contributed by atoms with E-state index in [1.807, 2.05) is 19.1 Å². The Morgan fingerprint density at radius 1 is 1.47 bits per heavy atom. The first-order chi connectivity index (χ1) is 8.11. The van der Waals surface area contributed by atoms with Gasteiger partial charge in [0.1, 0.15) is 5.15 Å². The van der Waals surface area contributed by atoms with E-state index in [0.29, 0.717) is 0 Å². The average molecular weight is 268 g/mol. The van der Waals surface area contributed by atoms with Crippen LogP contribution < -0.4 is 0 Å². The van der Waals surface area contributed by atoms with Crippen LogP contribution in [0.2, 0.25) is 5.15 Å². The van der Waals surface area contributed by atoms with Gasteiger partial charge in [-0.1, -0.05) is 11.6 Å². The van der Waals surface area contributed by atoms with Gasteiger partial charge >= 0.3 is 5.97 Å². The zero-order chi connectivity index (χ0) is 12.4. The lowest BCUT2D eigenvalue weighted by molar-refractivity contribution is 0.0600. The molecular formula is C12H10ClNO2S. The molecule has 0 radical (unpaired) electrons. The van der Waals surface area contributed by atoms with Gasteiger partial charge in [-0.2, -0.15) is 0 Å². The van der Waals surface area contributed by atoms with Crippen molar-refractivity contribution < 1.29 is 9.53 Å². The van der Waals surface area contributed by atoms with Gasteiger partial charge in [0.05, 0.1) is 12.7 Å². The van der Waals surface area contributed by atoms with Crippen molar-refractivity contribution in [3.05, 3.63) is 40.0 Å². The molecule has 0 saturated carbocycles. The lowest BCUT2D eigenvalue weighted by Gasteiger charge is -2.03. The molecule has 0 atom stereocenters. The summed E-state index contributed by atoms with van der Waals surface area (Å²) in [5, 5.41) is 0.161. The molecule has 0 fully saturated rings. The number of nitrogens with zero attached hydrogens (tertiary/aromatic N) is 1. The van der Waals surface area contributed by atoms with Crippen molar-refractivity contribution >= 4 is 28.9 Å². The lowest BCUT2D eigenvalue weighted by atomic mass is 10.2. The Hall–Kier alpha value is -1.39. The van der Waals surface area contributed by atoms with E-state index < -0.39 is 5.97 Å². The normalized spacial score (nSPS) is 10.3. The van der Waals surface area contributed by atoms with Crippen LogP contribution >= 0.6 is 22.9 Å². The molecule has 0 aliphatic rings. The van der Waals surface area contributed by atoms with Gasteiger partial charge in [0.2, 0.25) is 0 Å². The monoisotopic (exact) mass is 267 g/mol. The zero-order valence-electron chi connectivity index (χ0n) is 9.36. The molecular weight excluding hydrogens is 258 g/mol. The Kier molecular flexibility index (Phi) is 3.45. The molecule has 2 rings (SSSR count). The number of carbonyl (C=O) groups excluding carboxylic acids is 1. The number of halogens is 1. The number of rotatable bonds is 2. The first-order valence-electron chi connectivity index (χ1n) is 4.92. The highest BCUT2D eigenvalue weighted by Crippen LogP contribution is 2.29. The van der Waals surface area contributed by atoms with E-state index in [9.17, 15) is 4.79 Å². The third-order valence-electron chi connectivity index (χ3n) is 2.27. The molecule has 0 N–H and O–H groups in total. The lowest BCUT2D eigenvalue weighted by Crippen LogP contribution is -2.03. The van der Waals surface area contributed by atoms with Gasteiger partial charge in [0.25, 0.3) is 0 Å². The van der Waals surface area contributed by atoms with Crippen LogP contribution in [0.1, 0.15) is 15.2 Å². The average Bonchev–Trinajstić information content (AvgIpc) is 2.75. The SMILES string of the molecule is COC(=O)c1cc(-c2ccc(C)s2)cnc1Cl. The number of methoxy groups -OCH3 is 1. The standard InChI is InChI=1S/C12H10ClNO2S/c1-7-3-4-10(17-7)8-5-9(12(15)16-2)11(13)14-6-8/h3-6H,1-2H3. The number of aryl methyl sites for hydroxylation is 1. The second-order valence-corrected chi connectivity index (χ2v) is 5.11. The molecule has 3 nitrogen and oxygen atoms in total. The maximum absolute atomic E-state index is 11.5. The van der Waals surface area contributed by atoms with E-state index in [1.165, 1.54) is 12.0 Å². The summed E-state index contributed by atoms with van der Waals surface area (Å²) in [7, 11) is 1.32. The maximum atomic E-state index is 11.5. The van der Waals surface area contributed by atoms with Crippen molar-refractivity contribution in [3.63, 3.8) is 0 Å². The molecule has 2 aromatic rings. The van der Waals surface area contributed by atoms with Crippen molar-refractivity contribution in [2.45, 2.75) is 6.92 Å². The fraction of sp³-hybridized carbons (Fsp3) is 0.167. The number of hydrogen-bond acceptors (Lipinski definition) is 4. The Morgan fingerprint density at radius 3 is 2.82 bits per heavy atom. The van der Waals surface area contributed by atoms with E-state index in [2.05, 4.69) is 9.72 Å². The predicted octanol–water partition coefficient (Wildman–Crippen LogP) is 3.56. The number of aromatic nitrogens is 1. The van der Waals surface area contributed by atoms with E-state index in [1.54, 1.807) is 23.6 Å². The molecule has 17 heavy (non-hydrogen) atoms. The molecule has 0 amide bonds. The summed E-state index contributed by atoms with van der Waals surface area (Å²) in [5.74, 6) is -0.474. The molecule has 0 aromatic carbocycles. The van der Waals surface area contributed by atoms with Crippen LogP contribution in [-0.2, 0) is 4.74 Å². The molecule has 88 valence electrons. The first kappa shape index (κ1) is 12.1. The zero-order valence-corrected chi connectivity index (χ0v) is 10.9. The second kappa shape index (κ2) is 4.85. The molecule has 5 heteroatoms. The molecule has 0 saturated heterocycles. The molecule has 0 aliphatic heterocycles. The molecule has 0 spiro atoms.